The number of H-pyrrole nitrogens is 3. The van der Waals surface area contributed by atoms with Gasteiger partial charge in [0.05, 0.1) is 5.56 Å². The molecule has 17 heteroatoms. The van der Waals surface area contributed by atoms with Crippen LogP contribution in [-0.4, -0.2) is 89.2 Å². The Morgan fingerprint density at radius 2 is 0.704 bits per heavy atom. The van der Waals surface area contributed by atoms with Crippen molar-refractivity contribution < 1.29 is 62.8 Å². The van der Waals surface area contributed by atoms with Crippen LogP contribution in [0.25, 0.3) is 32.7 Å². The topological polar surface area (TPSA) is 286 Å². The van der Waals surface area contributed by atoms with Crippen molar-refractivity contribution in [2.75, 3.05) is 5.73 Å². The standard InChI is InChI=1S/C23H23NO4.C19H15NO4.C13H16N2O2.C9H8O3/c1-14(25)16-6-8-17(9-7-16)21(26)12-15-5-10-19-18(11-15)13-20(24-19)22(27)28-23(2,3)4;1-11(21)13-3-5-14(6-4-13)18(22)9-12-2-7-16-15(8-12)10-17(20-16)19(23)24;1-13(2,3)17-12(16)11-7-8-6-9(14)4-5-10(8)15-11;1-6(10)7-2-4-8(5-3-7)9(11)12/h5-11,13,24H,12H2,1-4H3;2-8,10,20H,9H2,1H3,(H,23,24);4-7,15H,14H2,1-3H3;2-5H,1H3,(H,11,12). The molecule has 0 radical (unpaired) electrons. The smallest absolute Gasteiger partial charge is 0.355 e. The zero-order valence-corrected chi connectivity index (χ0v) is 46.2. The van der Waals surface area contributed by atoms with Crippen LogP contribution in [0.5, 0.6) is 0 Å². The fraction of sp³-hybridized carbons (Fsp3) is 0.203. The summed E-state index contributed by atoms with van der Waals surface area (Å²) in [6, 6.07) is 40.6. The SMILES string of the molecule is CC(=O)c1ccc(C(=O)Cc2ccc3[nH]c(C(=O)O)cc3c2)cc1.CC(=O)c1ccc(C(=O)Cc2ccc3[nH]c(C(=O)OC(C)(C)C)cc3c2)cc1.CC(=O)c1ccc(C(=O)O)cc1.CC(C)(C)OC(=O)c1cc2cc(N)ccc2[nH]1. The number of carbonyl (C=O) groups is 9. The number of carbonyl (C=O) groups excluding carboxylic acids is 7. The molecule has 3 heterocycles. The first-order valence-electron chi connectivity index (χ1n) is 25.5. The molecule has 7 N–H and O–H groups in total. The molecule has 0 spiro atoms. The van der Waals surface area contributed by atoms with E-state index in [0.717, 1.165) is 43.8 Å². The quantitative estimate of drug-likeness (QED) is 0.0356. The van der Waals surface area contributed by atoms with Crippen LogP contribution < -0.4 is 5.73 Å². The largest absolute Gasteiger partial charge is 0.478 e. The summed E-state index contributed by atoms with van der Waals surface area (Å²) in [4.78, 5) is 113. The third kappa shape index (κ3) is 17.2. The molecule has 9 rings (SSSR count). The molecule has 0 aliphatic rings. The molecule has 0 saturated carbocycles. The van der Waals surface area contributed by atoms with Gasteiger partial charge in [-0.2, -0.15) is 0 Å². The first kappa shape index (κ1) is 60.2. The van der Waals surface area contributed by atoms with E-state index in [1.807, 2.05) is 71.9 Å². The lowest BCUT2D eigenvalue weighted by Gasteiger charge is -2.18. The molecule has 9 aromatic rings. The number of anilines is 1. The Labute approximate surface area is 466 Å². The Bertz CT molecular complexity index is 3810. The predicted molar refractivity (Wildman–Crippen MR) is 309 cm³/mol. The van der Waals surface area contributed by atoms with Crippen molar-refractivity contribution in [2.24, 2.45) is 0 Å². The Balaban J connectivity index is 0.000000182. The number of ether oxygens (including phenoxy) is 2. The number of nitrogens with two attached hydrogens (primary N) is 1. The van der Waals surface area contributed by atoms with Gasteiger partial charge < -0.3 is 40.4 Å². The lowest BCUT2D eigenvalue weighted by atomic mass is 10.0. The Hall–Kier alpha value is -10.0. The number of nitrogens with one attached hydrogen (secondary N) is 3. The first-order chi connectivity index (χ1) is 38.0. The Kier molecular flexibility index (Phi) is 19.0. The molecular formula is C64H62N4O13. The maximum atomic E-state index is 12.5. The van der Waals surface area contributed by atoms with Crippen LogP contribution in [0.15, 0.2) is 146 Å². The lowest BCUT2D eigenvalue weighted by molar-refractivity contribution is 0.00516. The van der Waals surface area contributed by atoms with Gasteiger partial charge in [0.2, 0.25) is 0 Å². The van der Waals surface area contributed by atoms with Crippen LogP contribution in [0, 0.1) is 0 Å². The summed E-state index contributed by atoms with van der Waals surface area (Å²) in [7, 11) is 0. The minimum absolute atomic E-state index is 0.0299. The molecule has 17 nitrogen and oxygen atoms in total. The molecule has 0 aliphatic carbocycles. The number of carboxylic acids is 2. The molecule has 6 aromatic carbocycles. The van der Waals surface area contributed by atoms with Crippen molar-refractivity contribution in [1.29, 1.82) is 0 Å². The van der Waals surface area contributed by atoms with E-state index >= 15 is 0 Å². The lowest BCUT2D eigenvalue weighted by Crippen LogP contribution is -2.24. The molecule has 0 saturated heterocycles. The number of esters is 2. The minimum Gasteiger partial charge on any atom is -0.478 e. The highest BCUT2D eigenvalue weighted by Gasteiger charge is 2.21. The van der Waals surface area contributed by atoms with Gasteiger partial charge in [0.15, 0.2) is 28.9 Å². The summed E-state index contributed by atoms with van der Waals surface area (Å²) >= 11 is 0. The van der Waals surface area contributed by atoms with Crippen molar-refractivity contribution >= 4 is 91.2 Å². The molecule has 0 aliphatic heterocycles. The zero-order valence-electron chi connectivity index (χ0n) is 46.2. The fourth-order valence-corrected chi connectivity index (χ4v) is 7.94. The molecule has 0 unspecified atom stereocenters. The van der Waals surface area contributed by atoms with E-state index in [1.54, 1.807) is 91.0 Å². The number of benzene rings is 6. The van der Waals surface area contributed by atoms with Crippen molar-refractivity contribution in [3.63, 3.8) is 0 Å². The van der Waals surface area contributed by atoms with Crippen LogP contribution in [-0.2, 0) is 22.3 Å². The number of aromatic nitrogens is 3. The van der Waals surface area contributed by atoms with Crippen LogP contribution >= 0.6 is 0 Å². The van der Waals surface area contributed by atoms with Crippen molar-refractivity contribution in [3.8, 4) is 0 Å². The zero-order chi connectivity index (χ0) is 59.5. The number of nitrogen functional groups attached to an aromatic ring is 1. The molecule has 416 valence electrons. The summed E-state index contributed by atoms with van der Waals surface area (Å²) in [5, 5.41) is 20.0. The van der Waals surface area contributed by atoms with E-state index in [-0.39, 0.29) is 59.0 Å². The summed E-state index contributed by atoms with van der Waals surface area (Å²) in [5.74, 6) is -2.99. The highest BCUT2D eigenvalue weighted by Crippen LogP contribution is 2.24. The third-order valence-electron chi connectivity index (χ3n) is 12.0. The highest BCUT2D eigenvalue weighted by atomic mass is 16.6. The molecule has 0 fully saturated rings. The van der Waals surface area contributed by atoms with Gasteiger partial charge in [0.1, 0.15) is 28.3 Å². The second kappa shape index (κ2) is 25.6. The van der Waals surface area contributed by atoms with E-state index in [1.165, 1.54) is 45.0 Å². The fourth-order valence-electron chi connectivity index (χ4n) is 7.94. The Morgan fingerprint density at radius 1 is 0.395 bits per heavy atom. The van der Waals surface area contributed by atoms with E-state index in [0.29, 0.717) is 44.9 Å². The molecule has 3 aromatic heterocycles. The van der Waals surface area contributed by atoms with Crippen molar-refractivity contribution in [1.82, 2.24) is 15.0 Å². The Morgan fingerprint density at radius 3 is 1.04 bits per heavy atom. The number of hydrogen-bond acceptors (Lipinski definition) is 12. The second-order valence-corrected chi connectivity index (χ2v) is 21.0. The monoisotopic (exact) mass is 1090 g/mol. The van der Waals surface area contributed by atoms with E-state index in [9.17, 15) is 43.2 Å². The molecule has 0 amide bonds. The average Bonchev–Trinajstić information content (AvgIpc) is 4.26. The van der Waals surface area contributed by atoms with Gasteiger partial charge in [0, 0.05) is 79.1 Å². The number of hydrogen-bond donors (Lipinski definition) is 6. The van der Waals surface area contributed by atoms with Crippen molar-refractivity contribution in [2.45, 2.75) is 86.4 Å². The van der Waals surface area contributed by atoms with Crippen molar-refractivity contribution in [3.05, 3.63) is 207 Å². The van der Waals surface area contributed by atoms with Gasteiger partial charge in [-0.25, -0.2) is 19.2 Å². The highest BCUT2D eigenvalue weighted by molar-refractivity contribution is 6.02. The number of ketones is 5. The number of aromatic amines is 3. The van der Waals surface area contributed by atoms with Gasteiger partial charge in [-0.3, -0.25) is 24.0 Å². The molecule has 81 heavy (non-hydrogen) atoms. The van der Waals surface area contributed by atoms with Gasteiger partial charge in [-0.1, -0.05) is 72.8 Å². The van der Waals surface area contributed by atoms with Gasteiger partial charge >= 0.3 is 23.9 Å². The van der Waals surface area contributed by atoms with E-state index in [2.05, 4.69) is 15.0 Å². The van der Waals surface area contributed by atoms with Crippen LogP contribution in [0.1, 0.15) is 167 Å². The molecule has 0 bridgehead atoms. The number of fused-ring (bicyclic) bond motifs is 3. The molecular weight excluding hydrogens is 1030 g/mol. The predicted octanol–water partition coefficient (Wildman–Crippen LogP) is 12.5. The van der Waals surface area contributed by atoms with E-state index in [4.69, 9.17) is 25.4 Å². The number of Topliss-reactive ketones (excluding diaryl/α,β-unsaturated/α-hetero) is 5. The maximum absolute atomic E-state index is 12.5. The number of rotatable bonds is 13. The second-order valence-electron chi connectivity index (χ2n) is 21.0. The van der Waals surface area contributed by atoms with Gasteiger partial charge in [0.25, 0.3) is 0 Å². The normalized spacial score (nSPS) is 11.0. The van der Waals surface area contributed by atoms with Crippen LogP contribution in [0.3, 0.4) is 0 Å². The van der Waals surface area contributed by atoms with Gasteiger partial charge in [-0.05, 0) is 146 Å². The summed E-state index contributed by atoms with van der Waals surface area (Å²) < 4.78 is 10.7. The van der Waals surface area contributed by atoms with Gasteiger partial charge in [-0.15, -0.1) is 0 Å². The summed E-state index contributed by atoms with van der Waals surface area (Å²) in [5.41, 5.74) is 13.3. The third-order valence-corrected chi connectivity index (χ3v) is 12.0. The summed E-state index contributed by atoms with van der Waals surface area (Å²) in [6.45, 7) is 15.4. The van der Waals surface area contributed by atoms with Crippen LogP contribution in [0.2, 0.25) is 0 Å². The maximum Gasteiger partial charge on any atom is 0.355 e. The first-order valence-corrected chi connectivity index (χ1v) is 25.5. The minimum atomic E-state index is -1.02. The van der Waals surface area contributed by atoms with E-state index < -0.39 is 29.1 Å². The number of carboxylic acid groups (broad SMARTS) is 2. The molecule has 0 atom stereocenters. The number of aromatic carboxylic acids is 2. The summed E-state index contributed by atoms with van der Waals surface area (Å²) in [6.07, 6.45) is 0.450. The van der Waals surface area contributed by atoms with Crippen LogP contribution in [0.4, 0.5) is 5.69 Å². The average molecular weight is 1100 g/mol.